The molecule has 1 fully saturated rings. The second-order valence-corrected chi connectivity index (χ2v) is 10.1. The zero-order valence-corrected chi connectivity index (χ0v) is 20.1. The third kappa shape index (κ3) is 5.09. The molecule has 176 valence electrons. The molecule has 3 aromatic carbocycles. The molecule has 0 radical (unpaired) electrons. The molecule has 1 aromatic heterocycles. The van der Waals surface area contributed by atoms with Crippen LogP contribution >= 0.6 is 11.3 Å². The van der Waals surface area contributed by atoms with E-state index in [0.29, 0.717) is 24.1 Å². The van der Waals surface area contributed by atoms with Crippen molar-refractivity contribution in [2.45, 2.75) is 31.4 Å². The predicted octanol–water partition coefficient (Wildman–Crippen LogP) is 5.45. The van der Waals surface area contributed by atoms with Gasteiger partial charge in [-0.25, -0.2) is 4.98 Å². The monoisotopic (exact) mass is 473 g/mol. The van der Waals surface area contributed by atoms with Crippen molar-refractivity contribution >= 4 is 26.7 Å². The van der Waals surface area contributed by atoms with Gasteiger partial charge < -0.3 is 15.6 Å². The summed E-state index contributed by atoms with van der Waals surface area (Å²) >= 11 is 1.46. The van der Waals surface area contributed by atoms with Gasteiger partial charge in [0, 0.05) is 25.1 Å². The number of likely N-dealkylation sites (tertiary alicyclic amines) is 1. The Balaban J connectivity index is 1.33. The van der Waals surface area contributed by atoms with Gasteiger partial charge in [0.25, 0.3) is 0 Å². The molecule has 5 rings (SSSR count). The number of fused-ring (bicyclic) bond motifs is 1. The number of nitrogens with zero attached hydrogens (tertiary/aromatic N) is 2. The smallest absolute Gasteiger partial charge is 0.181 e. The fourth-order valence-corrected chi connectivity index (χ4v) is 5.73. The molecule has 4 aromatic rings. The fraction of sp³-hybridized carbons (Fsp3) is 0.321. The van der Waals surface area contributed by atoms with E-state index in [-0.39, 0.29) is 0 Å². The van der Waals surface area contributed by atoms with Crippen molar-refractivity contribution < 1.29 is 9.84 Å². The van der Waals surface area contributed by atoms with Crippen LogP contribution in [0.5, 0.6) is 5.75 Å². The summed E-state index contributed by atoms with van der Waals surface area (Å²) < 4.78 is 6.99. The highest BCUT2D eigenvalue weighted by Gasteiger charge is 2.38. The van der Waals surface area contributed by atoms with Gasteiger partial charge in [0.15, 0.2) is 5.13 Å². The second-order valence-electron chi connectivity index (χ2n) is 9.08. The molecule has 1 saturated heterocycles. The van der Waals surface area contributed by atoms with Crippen molar-refractivity contribution in [3.63, 3.8) is 0 Å². The Morgan fingerprint density at radius 2 is 1.71 bits per heavy atom. The van der Waals surface area contributed by atoms with Crippen LogP contribution in [0.3, 0.4) is 0 Å². The van der Waals surface area contributed by atoms with E-state index in [1.807, 2.05) is 48.5 Å². The van der Waals surface area contributed by atoms with Gasteiger partial charge in [0.05, 0.1) is 16.8 Å². The highest BCUT2D eigenvalue weighted by molar-refractivity contribution is 7.22. The van der Waals surface area contributed by atoms with Gasteiger partial charge in [-0.05, 0) is 55.0 Å². The molecule has 0 aliphatic carbocycles. The zero-order valence-electron chi connectivity index (χ0n) is 19.3. The number of aromatic nitrogens is 1. The number of nitrogen functional groups attached to an aromatic ring is 1. The average Bonchev–Trinajstić information content (AvgIpc) is 3.25. The van der Waals surface area contributed by atoms with Gasteiger partial charge in [-0.1, -0.05) is 65.9 Å². The van der Waals surface area contributed by atoms with Gasteiger partial charge in [-0.2, -0.15) is 0 Å². The first kappa shape index (κ1) is 22.8. The lowest BCUT2D eigenvalue weighted by molar-refractivity contribution is -0.138. The van der Waals surface area contributed by atoms with Crippen LogP contribution in [0, 0.1) is 5.92 Å². The molecule has 3 N–H and O–H groups in total. The van der Waals surface area contributed by atoms with Crippen LogP contribution in [-0.2, 0) is 12.1 Å². The molecule has 0 amide bonds. The molecule has 1 aliphatic rings. The van der Waals surface area contributed by atoms with Crippen molar-refractivity contribution in [3.8, 4) is 5.75 Å². The third-order valence-corrected chi connectivity index (χ3v) is 7.68. The fourth-order valence-electron chi connectivity index (χ4n) is 4.96. The summed E-state index contributed by atoms with van der Waals surface area (Å²) in [5.41, 5.74) is 7.96. The molecule has 34 heavy (non-hydrogen) atoms. The Morgan fingerprint density at radius 1 is 1.00 bits per heavy atom. The maximum absolute atomic E-state index is 12.1. The number of piperidine rings is 1. The molecule has 1 unspecified atom stereocenters. The van der Waals surface area contributed by atoms with Crippen LogP contribution in [0.2, 0.25) is 0 Å². The SMILES string of the molecule is Nc1nc2ccc(C(O)(CCOc3ccccc3)N3CCC(Cc4ccccc4)CC3)cc2s1. The van der Waals surface area contributed by atoms with Crippen LogP contribution < -0.4 is 10.5 Å². The summed E-state index contributed by atoms with van der Waals surface area (Å²) in [5, 5.41) is 12.7. The van der Waals surface area contributed by atoms with E-state index in [9.17, 15) is 5.11 Å². The first-order valence-electron chi connectivity index (χ1n) is 12.0. The number of rotatable bonds is 8. The minimum atomic E-state index is -1.11. The minimum absolute atomic E-state index is 0.424. The maximum Gasteiger partial charge on any atom is 0.181 e. The van der Waals surface area contributed by atoms with Crippen LogP contribution in [0.25, 0.3) is 10.2 Å². The first-order chi connectivity index (χ1) is 16.6. The highest BCUT2D eigenvalue weighted by Crippen LogP contribution is 2.37. The Hall–Kier alpha value is -2.93. The van der Waals surface area contributed by atoms with E-state index < -0.39 is 5.72 Å². The van der Waals surface area contributed by atoms with E-state index in [1.165, 1.54) is 16.9 Å². The van der Waals surface area contributed by atoms with Crippen LogP contribution in [0.4, 0.5) is 5.13 Å². The van der Waals surface area contributed by atoms with Crippen LogP contribution in [0.1, 0.15) is 30.4 Å². The summed E-state index contributed by atoms with van der Waals surface area (Å²) in [6, 6.07) is 26.5. The number of hydrogen-bond donors (Lipinski definition) is 2. The van der Waals surface area contributed by atoms with E-state index >= 15 is 0 Å². The van der Waals surface area contributed by atoms with E-state index in [4.69, 9.17) is 10.5 Å². The lowest BCUT2D eigenvalue weighted by Crippen LogP contribution is -2.50. The number of benzene rings is 3. The summed E-state index contributed by atoms with van der Waals surface area (Å²) in [7, 11) is 0. The third-order valence-electron chi connectivity index (χ3n) is 6.83. The molecular formula is C28H31N3O2S. The van der Waals surface area contributed by atoms with E-state index in [2.05, 4.69) is 40.2 Å². The van der Waals surface area contributed by atoms with Crippen molar-refractivity contribution in [1.82, 2.24) is 9.88 Å². The van der Waals surface area contributed by atoms with Gasteiger partial charge in [-0.3, -0.25) is 4.90 Å². The largest absolute Gasteiger partial charge is 0.493 e. The Kier molecular flexibility index (Phi) is 6.81. The summed E-state index contributed by atoms with van der Waals surface area (Å²) in [6.07, 6.45) is 3.69. The number of nitrogens with two attached hydrogens (primary N) is 1. The quantitative estimate of drug-likeness (QED) is 0.356. The highest BCUT2D eigenvalue weighted by atomic mass is 32.1. The van der Waals surface area contributed by atoms with E-state index in [0.717, 1.165) is 53.9 Å². The Morgan fingerprint density at radius 3 is 2.44 bits per heavy atom. The molecular weight excluding hydrogens is 442 g/mol. The van der Waals surface area contributed by atoms with Gasteiger partial charge in [-0.15, -0.1) is 0 Å². The molecule has 0 saturated carbocycles. The molecule has 1 aliphatic heterocycles. The van der Waals surface area contributed by atoms with Crippen molar-refractivity contribution in [3.05, 3.63) is 90.0 Å². The number of hydrogen-bond acceptors (Lipinski definition) is 6. The maximum atomic E-state index is 12.1. The van der Waals surface area contributed by atoms with Crippen molar-refractivity contribution in [2.24, 2.45) is 5.92 Å². The zero-order chi connectivity index (χ0) is 23.4. The first-order valence-corrected chi connectivity index (χ1v) is 12.8. The van der Waals surface area contributed by atoms with Gasteiger partial charge in [0.1, 0.15) is 11.5 Å². The molecule has 1 atom stereocenters. The predicted molar refractivity (Wildman–Crippen MR) is 139 cm³/mol. The van der Waals surface area contributed by atoms with Crippen molar-refractivity contribution in [2.75, 3.05) is 25.4 Å². The van der Waals surface area contributed by atoms with Crippen molar-refractivity contribution in [1.29, 1.82) is 0 Å². The standard InChI is InChI=1S/C28H31N3O2S/c29-27-30-25-12-11-23(20-26(25)34-27)28(32,15-18-33-24-9-5-2-6-10-24)31-16-13-22(14-17-31)19-21-7-3-1-4-8-21/h1-12,20,22,32H,13-19H2,(H2,29,30). The summed E-state index contributed by atoms with van der Waals surface area (Å²) in [4.78, 5) is 6.61. The van der Waals surface area contributed by atoms with Gasteiger partial charge in [0.2, 0.25) is 0 Å². The summed E-state index contributed by atoms with van der Waals surface area (Å²) in [6.45, 7) is 2.12. The second kappa shape index (κ2) is 10.1. The van der Waals surface area contributed by atoms with Crippen LogP contribution in [0.15, 0.2) is 78.9 Å². The lowest BCUT2D eigenvalue weighted by Gasteiger charge is -2.44. The number of thiazole rings is 1. The number of ether oxygens (including phenoxy) is 1. The normalized spacial score (nSPS) is 17.0. The Labute approximate surface area is 204 Å². The minimum Gasteiger partial charge on any atom is -0.493 e. The average molecular weight is 474 g/mol. The molecule has 0 bridgehead atoms. The van der Waals surface area contributed by atoms with Crippen LogP contribution in [-0.4, -0.2) is 34.7 Å². The molecule has 2 heterocycles. The summed E-state index contributed by atoms with van der Waals surface area (Å²) in [5.74, 6) is 1.45. The molecule has 6 heteroatoms. The van der Waals surface area contributed by atoms with Gasteiger partial charge >= 0.3 is 0 Å². The molecule has 0 spiro atoms. The number of anilines is 1. The van der Waals surface area contributed by atoms with E-state index in [1.54, 1.807) is 0 Å². The number of para-hydroxylation sites is 1. The topological polar surface area (TPSA) is 71.6 Å². The Bertz CT molecular complexity index is 1210. The lowest BCUT2D eigenvalue weighted by atomic mass is 9.87. The number of aliphatic hydroxyl groups is 1. The molecule has 5 nitrogen and oxygen atoms in total.